The number of halogens is 1. The number of hydrogen-bond donors (Lipinski definition) is 1. The standard InChI is InChI=1S/C24H19ClN6O4S/c1-35-20-12-6-16(7-13-20)23-28-29-24(30(23)19-10-8-18(25)9-11-19)36-15-22(32)27-26-14-17-4-2-3-5-21(17)31(33)34/h2-14H,15H2,1H3,(H,27,32)/b26-14+. The van der Waals surface area contributed by atoms with E-state index in [1.165, 1.54) is 30.1 Å². The molecule has 3 aromatic carbocycles. The number of nitro benzene ring substituents is 1. The maximum Gasteiger partial charge on any atom is 0.278 e. The van der Waals surface area contributed by atoms with E-state index in [1.54, 1.807) is 31.4 Å². The van der Waals surface area contributed by atoms with Crippen LogP contribution in [0, 0.1) is 10.1 Å². The minimum absolute atomic E-state index is 0.0114. The Morgan fingerprint density at radius 1 is 1.14 bits per heavy atom. The van der Waals surface area contributed by atoms with Crippen molar-refractivity contribution in [1.82, 2.24) is 20.2 Å². The van der Waals surface area contributed by atoms with E-state index in [1.807, 2.05) is 41.0 Å². The van der Waals surface area contributed by atoms with Crippen LogP contribution < -0.4 is 10.2 Å². The van der Waals surface area contributed by atoms with Crippen molar-refractivity contribution in [2.75, 3.05) is 12.9 Å². The van der Waals surface area contributed by atoms with Crippen molar-refractivity contribution in [1.29, 1.82) is 0 Å². The van der Waals surface area contributed by atoms with Gasteiger partial charge in [-0.3, -0.25) is 19.5 Å². The third kappa shape index (κ3) is 5.88. The highest BCUT2D eigenvalue weighted by Crippen LogP contribution is 2.29. The highest BCUT2D eigenvalue weighted by molar-refractivity contribution is 7.99. The van der Waals surface area contributed by atoms with Crippen molar-refractivity contribution >= 4 is 41.2 Å². The number of benzene rings is 3. The number of nitrogens with one attached hydrogen (secondary N) is 1. The Morgan fingerprint density at radius 3 is 2.56 bits per heavy atom. The Morgan fingerprint density at radius 2 is 1.86 bits per heavy atom. The van der Waals surface area contributed by atoms with Crippen molar-refractivity contribution in [3.8, 4) is 22.8 Å². The number of para-hydroxylation sites is 1. The number of ether oxygens (including phenoxy) is 1. The molecule has 36 heavy (non-hydrogen) atoms. The zero-order valence-corrected chi connectivity index (χ0v) is 20.4. The van der Waals surface area contributed by atoms with Gasteiger partial charge in [-0.25, -0.2) is 5.43 Å². The van der Waals surface area contributed by atoms with E-state index in [-0.39, 0.29) is 17.0 Å². The van der Waals surface area contributed by atoms with Crippen LogP contribution in [0.3, 0.4) is 0 Å². The summed E-state index contributed by atoms with van der Waals surface area (Å²) in [6.45, 7) is 0. The van der Waals surface area contributed by atoms with E-state index in [0.717, 1.165) is 11.3 Å². The molecule has 1 amide bonds. The van der Waals surface area contributed by atoms with Gasteiger partial charge in [-0.2, -0.15) is 5.10 Å². The number of hydrazone groups is 1. The summed E-state index contributed by atoms with van der Waals surface area (Å²) in [5.41, 5.74) is 4.14. The summed E-state index contributed by atoms with van der Waals surface area (Å²) >= 11 is 7.23. The van der Waals surface area contributed by atoms with Crippen LogP contribution in [0.2, 0.25) is 5.02 Å². The lowest BCUT2D eigenvalue weighted by molar-refractivity contribution is -0.385. The lowest BCUT2D eigenvalue weighted by atomic mass is 10.2. The topological polar surface area (TPSA) is 125 Å². The molecule has 182 valence electrons. The molecule has 1 heterocycles. The first kappa shape index (κ1) is 24.9. The summed E-state index contributed by atoms with van der Waals surface area (Å²) in [7, 11) is 1.59. The molecule has 0 atom stereocenters. The molecule has 0 saturated heterocycles. The van der Waals surface area contributed by atoms with Crippen LogP contribution in [0.25, 0.3) is 17.1 Å². The summed E-state index contributed by atoms with van der Waals surface area (Å²) in [6.07, 6.45) is 1.23. The molecular formula is C24H19ClN6O4S. The second kappa shape index (κ2) is 11.5. The SMILES string of the molecule is COc1ccc(-c2nnc(SCC(=O)N/N=C/c3ccccc3[N+](=O)[O-])n2-c2ccc(Cl)cc2)cc1. The molecule has 0 spiro atoms. The van der Waals surface area contributed by atoms with Crippen LogP contribution in [0.15, 0.2) is 83.1 Å². The van der Waals surface area contributed by atoms with Gasteiger partial charge < -0.3 is 4.74 Å². The van der Waals surface area contributed by atoms with Crippen LogP contribution >= 0.6 is 23.4 Å². The molecule has 4 aromatic rings. The molecule has 10 nitrogen and oxygen atoms in total. The summed E-state index contributed by atoms with van der Waals surface area (Å²) in [5, 5.41) is 24.6. The minimum atomic E-state index is -0.511. The molecule has 0 unspecified atom stereocenters. The summed E-state index contributed by atoms with van der Waals surface area (Å²) < 4.78 is 7.06. The third-order valence-corrected chi connectivity index (χ3v) is 6.11. The van der Waals surface area contributed by atoms with Crippen LogP contribution in [-0.4, -0.2) is 44.7 Å². The highest BCUT2D eigenvalue weighted by Gasteiger charge is 2.18. The first-order valence-corrected chi connectivity index (χ1v) is 11.9. The molecule has 1 N–H and O–H groups in total. The average molecular weight is 523 g/mol. The summed E-state index contributed by atoms with van der Waals surface area (Å²) in [4.78, 5) is 23.0. The Balaban J connectivity index is 1.51. The molecular weight excluding hydrogens is 504 g/mol. The Hall–Kier alpha value is -4.22. The fourth-order valence-corrected chi connectivity index (χ4v) is 4.08. The number of amides is 1. The van der Waals surface area contributed by atoms with Gasteiger partial charge in [-0.15, -0.1) is 10.2 Å². The van der Waals surface area contributed by atoms with Crippen molar-refractivity contribution in [2.24, 2.45) is 5.10 Å². The van der Waals surface area contributed by atoms with Crippen LogP contribution in [0.5, 0.6) is 5.75 Å². The number of carbonyl (C=O) groups is 1. The molecule has 0 bridgehead atoms. The number of rotatable bonds is 9. The lowest BCUT2D eigenvalue weighted by Crippen LogP contribution is -2.20. The molecule has 1 aromatic heterocycles. The number of hydrogen-bond acceptors (Lipinski definition) is 8. The normalized spacial score (nSPS) is 10.9. The first-order chi connectivity index (χ1) is 17.5. The molecule has 12 heteroatoms. The minimum Gasteiger partial charge on any atom is -0.497 e. The van der Waals surface area contributed by atoms with Crippen LogP contribution in [-0.2, 0) is 4.79 Å². The van der Waals surface area contributed by atoms with Crippen molar-refractivity contribution in [2.45, 2.75) is 5.16 Å². The maximum absolute atomic E-state index is 12.4. The maximum atomic E-state index is 12.4. The van der Waals surface area contributed by atoms with Crippen LogP contribution in [0.4, 0.5) is 5.69 Å². The second-order valence-electron chi connectivity index (χ2n) is 7.24. The predicted molar refractivity (Wildman–Crippen MR) is 138 cm³/mol. The van der Waals surface area contributed by atoms with Gasteiger partial charge in [0.25, 0.3) is 11.6 Å². The molecule has 0 radical (unpaired) electrons. The largest absolute Gasteiger partial charge is 0.497 e. The Bertz CT molecular complexity index is 1410. The van der Waals surface area contributed by atoms with Gasteiger partial charge in [0.1, 0.15) is 5.75 Å². The number of thioether (sulfide) groups is 1. The fourth-order valence-electron chi connectivity index (χ4n) is 3.21. The van der Waals surface area contributed by atoms with Gasteiger partial charge in [0.2, 0.25) is 0 Å². The number of aromatic nitrogens is 3. The monoisotopic (exact) mass is 522 g/mol. The third-order valence-electron chi connectivity index (χ3n) is 4.93. The number of carbonyl (C=O) groups excluding carboxylic acids is 1. The zero-order valence-electron chi connectivity index (χ0n) is 18.9. The van der Waals surface area contributed by atoms with E-state index in [2.05, 4.69) is 20.7 Å². The number of nitrogens with zero attached hydrogens (tertiary/aromatic N) is 5. The zero-order chi connectivity index (χ0) is 25.5. The van der Waals surface area contributed by atoms with E-state index in [4.69, 9.17) is 16.3 Å². The molecule has 0 aliphatic carbocycles. The van der Waals surface area contributed by atoms with Crippen LogP contribution in [0.1, 0.15) is 5.56 Å². The molecule has 4 rings (SSSR count). The van der Waals surface area contributed by atoms with Gasteiger partial charge in [0.05, 0.1) is 29.6 Å². The van der Waals surface area contributed by atoms with E-state index in [9.17, 15) is 14.9 Å². The summed E-state index contributed by atoms with van der Waals surface area (Å²) in [6, 6.07) is 20.7. The molecule has 0 saturated carbocycles. The van der Waals surface area contributed by atoms with Gasteiger partial charge in [-0.1, -0.05) is 35.5 Å². The smallest absolute Gasteiger partial charge is 0.278 e. The van der Waals surface area contributed by atoms with Gasteiger partial charge in [-0.05, 0) is 54.6 Å². The van der Waals surface area contributed by atoms with Gasteiger partial charge in [0.15, 0.2) is 11.0 Å². The molecule has 0 fully saturated rings. The average Bonchev–Trinajstić information content (AvgIpc) is 3.32. The Kier molecular flexibility index (Phi) is 7.93. The molecule has 0 aliphatic heterocycles. The predicted octanol–water partition coefficient (Wildman–Crippen LogP) is 4.75. The molecule has 0 aliphatic rings. The number of nitro groups is 1. The van der Waals surface area contributed by atoms with E-state index < -0.39 is 10.8 Å². The van der Waals surface area contributed by atoms with Gasteiger partial charge in [0, 0.05) is 22.3 Å². The van der Waals surface area contributed by atoms with E-state index in [0.29, 0.717) is 21.8 Å². The quantitative estimate of drug-likeness (QED) is 0.145. The first-order valence-electron chi connectivity index (χ1n) is 10.5. The highest BCUT2D eigenvalue weighted by atomic mass is 35.5. The summed E-state index contributed by atoms with van der Waals surface area (Å²) in [5.74, 6) is 0.871. The lowest BCUT2D eigenvalue weighted by Gasteiger charge is -2.11. The van der Waals surface area contributed by atoms with Crippen molar-refractivity contribution in [3.63, 3.8) is 0 Å². The van der Waals surface area contributed by atoms with Gasteiger partial charge >= 0.3 is 0 Å². The second-order valence-corrected chi connectivity index (χ2v) is 8.62. The van der Waals surface area contributed by atoms with E-state index >= 15 is 0 Å². The Labute approximate surface area is 215 Å². The fraction of sp³-hybridized carbons (Fsp3) is 0.0833. The van der Waals surface area contributed by atoms with Crippen molar-refractivity contribution < 1.29 is 14.5 Å². The number of methoxy groups -OCH3 is 1. The van der Waals surface area contributed by atoms with Crippen molar-refractivity contribution in [3.05, 3.63) is 93.5 Å².